The molecule has 1 N–H and O–H groups in total. The second-order valence-corrected chi connectivity index (χ2v) is 8.94. The minimum absolute atomic E-state index is 0.155. The largest absolute Gasteiger partial charge is 0.496 e. The summed E-state index contributed by atoms with van der Waals surface area (Å²) in [6.45, 7) is 1.78. The number of ether oxygens (including phenoxy) is 3. The molecule has 0 bridgehead atoms. The van der Waals surface area contributed by atoms with Crippen molar-refractivity contribution in [2.24, 2.45) is 0 Å². The van der Waals surface area contributed by atoms with Gasteiger partial charge in [0, 0.05) is 35.8 Å². The summed E-state index contributed by atoms with van der Waals surface area (Å²) in [5.41, 5.74) is 0.873. The van der Waals surface area contributed by atoms with Gasteiger partial charge in [0.25, 0.3) is 5.91 Å². The maximum absolute atomic E-state index is 13.3. The van der Waals surface area contributed by atoms with E-state index >= 15 is 0 Å². The van der Waals surface area contributed by atoms with Crippen molar-refractivity contribution in [3.63, 3.8) is 0 Å². The number of nitrogens with zero attached hydrogens (tertiary/aromatic N) is 1. The first-order chi connectivity index (χ1) is 16.4. The van der Waals surface area contributed by atoms with Crippen LogP contribution in [0.2, 0.25) is 5.02 Å². The van der Waals surface area contributed by atoms with E-state index in [1.165, 1.54) is 6.42 Å². The van der Waals surface area contributed by atoms with Crippen LogP contribution < -0.4 is 19.5 Å². The Bertz CT molecular complexity index is 938. The molecule has 0 spiro atoms. The minimum Gasteiger partial charge on any atom is -0.496 e. The van der Waals surface area contributed by atoms with Crippen molar-refractivity contribution in [1.29, 1.82) is 0 Å². The van der Waals surface area contributed by atoms with Gasteiger partial charge in [-0.3, -0.25) is 9.59 Å². The molecule has 0 aromatic heterocycles. The maximum Gasteiger partial charge on any atom is 0.261 e. The molecule has 34 heavy (non-hydrogen) atoms. The van der Waals surface area contributed by atoms with Gasteiger partial charge in [-0.1, -0.05) is 43.0 Å². The van der Waals surface area contributed by atoms with Crippen LogP contribution in [0.4, 0.5) is 0 Å². The Labute approximate surface area is 206 Å². The Morgan fingerprint density at radius 1 is 1.00 bits per heavy atom. The molecule has 2 aromatic rings. The lowest BCUT2D eigenvalue weighted by atomic mass is 9.95. The third kappa shape index (κ3) is 7.29. The summed E-state index contributed by atoms with van der Waals surface area (Å²) < 4.78 is 16.3. The van der Waals surface area contributed by atoms with Crippen molar-refractivity contribution in [2.45, 2.75) is 57.7 Å². The third-order valence-corrected chi connectivity index (χ3v) is 6.32. The second-order valence-electron chi connectivity index (χ2n) is 8.50. The predicted molar refractivity (Wildman–Crippen MR) is 132 cm³/mol. The van der Waals surface area contributed by atoms with E-state index in [2.05, 4.69) is 5.32 Å². The molecule has 0 unspecified atom stereocenters. The number of hydrogen-bond acceptors (Lipinski definition) is 5. The highest BCUT2D eigenvalue weighted by Crippen LogP contribution is 2.27. The minimum atomic E-state index is -0.659. The lowest BCUT2D eigenvalue weighted by Gasteiger charge is -2.31. The lowest BCUT2D eigenvalue weighted by molar-refractivity contribution is -0.142. The van der Waals surface area contributed by atoms with Gasteiger partial charge in [-0.25, -0.2) is 0 Å². The Morgan fingerprint density at radius 3 is 2.18 bits per heavy atom. The number of rotatable bonds is 10. The Balaban J connectivity index is 1.73. The smallest absolute Gasteiger partial charge is 0.261 e. The molecule has 0 aliphatic heterocycles. The fourth-order valence-corrected chi connectivity index (χ4v) is 4.16. The normalized spacial score (nSPS) is 14.7. The van der Waals surface area contributed by atoms with Gasteiger partial charge in [-0.15, -0.1) is 0 Å². The van der Waals surface area contributed by atoms with E-state index in [4.69, 9.17) is 25.8 Å². The first kappa shape index (κ1) is 25.7. The molecule has 0 radical (unpaired) electrons. The Hall–Kier alpha value is -2.93. The van der Waals surface area contributed by atoms with Gasteiger partial charge in [0.15, 0.2) is 6.61 Å². The van der Waals surface area contributed by atoms with E-state index in [1.807, 2.05) is 12.1 Å². The van der Waals surface area contributed by atoms with Gasteiger partial charge in [0.05, 0.1) is 14.2 Å². The summed E-state index contributed by atoms with van der Waals surface area (Å²) in [6.07, 6.45) is 5.39. The average molecular weight is 489 g/mol. The molecular formula is C26H33ClN2O5. The molecule has 3 rings (SSSR count). The summed E-state index contributed by atoms with van der Waals surface area (Å²) in [7, 11) is 3.09. The van der Waals surface area contributed by atoms with Gasteiger partial charge < -0.3 is 24.4 Å². The molecule has 2 amide bonds. The van der Waals surface area contributed by atoms with Crippen molar-refractivity contribution < 1.29 is 23.8 Å². The molecule has 1 atom stereocenters. The van der Waals surface area contributed by atoms with Gasteiger partial charge >= 0.3 is 0 Å². The molecule has 1 aliphatic rings. The van der Waals surface area contributed by atoms with Gasteiger partial charge in [0.1, 0.15) is 23.3 Å². The van der Waals surface area contributed by atoms with Crippen molar-refractivity contribution in [2.75, 3.05) is 20.8 Å². The van der Waals surface area contributed by atoms with E-state index in [1.54, 1.807) is 56.4 Å². The Kier molecular flexibility index (Phi) is 9.45. The van der Waals surface area contributed by atoms with E-state index in [0.29, 0.717) is 22.3 Å². The summed E-state index contributed by atoms with van der Waals surface area (Å²) in [6, 6.07) is 11.8. The van der Waals surface area contributed by atoms with Crippen LogP contribution in [0.25, 0.3) is 0 Å². The number of nitrogens with one attached hydrogen (secondary N) is 1. The van der Waals surface area contributed by atoms with E-state index in [0.717, 1.165) is 31.2 Å². The third-order valence-electron chi connectivity index (χ3n) is 6.07. The molecule has 8 heteroatoms. The van der Waals surface area contributed by atoms with Gasteiger partial charge in [-0.05, 0) is 37.5 Å². The molecular weight excluding hydrogens is 456 g/mol. The molecule has 1 fully saturated rings. The number of halogens is 1. The summed E-state index contributed by atoms with van der Waals surface area (Å²) in [5, 5.41) is 3.74. The van der Waals surface area contributed by atoms with E-state index in [-0.39, 0.29) is 31.0 Å². The number of benzene rings is 2. The van der Waals surface area contributed by atoms with Gasteiger partial charge in [-0.2, -0.15) is 0 Å². The summed E-state index contributed by atoms with van der Waals surface area (Å²) in [5.74, 6) is 1.09. The second kappa shape index (κ2) is 12.5. The predicted octanol–water partition coefficient (Wildman–Crippen LogP) is 4.60. The van der Waals surface area contributed by atoms with E-state index in [9.17, 15) is 9.59 Å². The van der Waals surface area contributed by atoms with Crippen LogP contribution in [-0.4, -0.2) is 49.6 Å². The van der Waals surface area contributed by atoms with Crippen molar-refractivity contribution in [3.05, 3.63) is 53.1 Å². The number of carbonyl (C=O) groups is 2. The Morgan fingerprint density at radius 2 is 1.59 bits per heavy atom. The monoisotopic (exact) mass is 488 g/mol. The molecule has 0 saturated heterocycles. The van der Waals surface area contributed by atoms with Crippen LogP contribution in [0.1, 0.15) is 44.6 Å². The standard InChI is InChI=1S/C26H33ClN2O5/c1-18(26(31)28-21-7-5-4-6-8-21)29(16-19-9-11-20(27)12-10-19)25(30)17-34-24-14-22(32-2)13-23(15-24)33-3/h9-15,18,21H,4-8,16-17H2,1-3H3,(H,28,31)/t18-/m1/s1. The molecule has 7 nitrogen and oxygen atoms in total. The highest BCUT2D eigenvalue weighted by molar-refractivity contribution is 6.30. The molecule has 1 aliphatic carbocycles. The fraction of sp³-hybridized carbons (Fsp3) is 0.462. The van der Waals surface area contributed by atoms with Crippen LogP contribution in [0.5, 0.6) is 17.2 Å². The lowest BCUT2D eigenvalue weighted by Crippen LogP contribution is -2.51. The number of methoxy groups -OCH3 is 2. The zero-order valence-electron chi connectivity index (χ0n) is 20.0. The van der Waals surface area contributed by atoms with E-state index < -0.39 is 6.04 Å². The van der Waals surface area contributed by atoms with Crippen LogP contribution in [0.3, 0.4) is 0 Å². The zero-order chi connectivity index (χ0) is 24.5. The number of hydrogen-bond donors (Lipinski definition) is 1. The van der Waals surface area contributed by atoms with Crippen LogP contribution in [0.15, 0.2) is 42.5 Å². The molecule has 1 saturated carbocycles. The number of carbonyl (C=O) groups excluding carboxylic acids is 2. The van der Waals surface area contributed by atoms with Crippen LogP contribution in [-0.2, 0) is 16.1 Å². The SMILES string of the molecule is COc1cc(OC)cc(OCC(=O)N(Cc2ccc(Cl)cc2)[C@H](C)C(=O)NC2CCCCC2)c1. The van der Waals surface area contributed by atoms with Crippen LogP contribution >= 0.6 is 11.6 Å². The quantitative estimate of drug-likeness (QED) is 0.528. The fourth-order valence-electron chi connectivity index (χ4n) is 4.03. The average Bonchev–Trinajstić information content (AvgIpc) is 2.86. The van der Waals surface area contributed by atoms with Crippen LogP contribution in [0, 0.1) is 0 Å². The topological polar surface area (TPSA) is 77.1 Å². The molecule has 184 valence electrons. The van der Waals surface area contributed by atoms with Crippen molar-refractivity contribution in [3.8, 4) is 17.2 Å². The highest BCUT2D eigenvalue weighted by Gasteiger charge is 2.28. The summed E-state index contributed by atoms with van der Waals surface area (Å²) >= 11 is 6.01. The first-order valence-corrected chi connectivity index (χ1v) is 12.0. The highest BCUT2D eigenvalue weighted by atomic mass is 35.5. The molecule has 2 aromatic carbocycles. The van der Waals surface area contributed by atoms with Gasteiger partial charge in [0.2, 0.25) is 5.91 Å². The summed E-state index contributed by atoms with van der Waals surface area (Å²) in [4.78, 5) is 27.9. The molecule has 0 heterocycles. The zero-order valence-corrected chi connectivity index (χ0v) is 20.8. The maximum atomic E-state index is 13.3. The first-order valence-electron chi connectivity index (χ1n) is 11.6. The van der Waals surface area contributed by atoms with Crippen molar-refractivity contribution >= 4 is 23.4 Å². The number of amides is 2. The van der Waals surface area contributed by atoms with Crippen molar-refractivity contribution in [1.82, 2.24) is 10.2 Å².